The van der Waals surface area contributed by atoms with Crippen molar-refractivity contribution < 1.29 is 32.6 Å². The van der Waals surface area contributed by atoms with Crippen molar-refractivity contribution in [3.05, 3.63) is 0 Å². The van der Waals surface area contributed by atoms with Gasteiger partial charge in [0.05, 0.1) is 6.61 Å². The Kier molecular flexibility index (Phi) is 3.81. The fourth-order valence-corrected chi connectivity index (χ4v) is 2.11. The minimum Gasteiger partial charge on any atom is -0.479 e. The summed E-state index contributed by atoms with van der Waals surface area (Å²) in [4.78, 5) is 23.8. The van der Waals surface area contributed by atoms with Crippen molar-refractivity contribution in [2.45, 2.75) is 37.0 Å². The normalized spacial score (nSPS) is 26.4. The van der Waals surface area contributed by atoms with Crippen LogP contribution in [0.5, 0.6) is 0 Å². The van der Waals surface area contributed by atoms with Crippen molar-refractivity contribution in [1.29, 1.82) is 0 Å². The van der Waals surface area contributed by atoms with Crippen LogP contribution in [0.2, 0.25) is 0 Å². The lowest BCUT2D eigenvalue weighted by molar-refractivity contribution is -0.145. The number of hydrogen-bond donors (Lipinski definition) is 2. The van der Waals surface area contributed by atoms with Gasteiger partial charge in [-0.3, -0.25) is 0 Å². The van der Waals surface area contributed by atoms with Gasteiger partial charge >= 0.3 is 18.2 Å². The second kappa shape index (κ2) is 5.12. The predicted molar refractivity (Wildman–Crippen MR) is 60.1 cm³/mol. The fourth-order valence-electron chi connectivity index (χ4n) is 2.11. The summed E-state index contributed by atoms with van der Waals surface area (Å²) in [5.74, 6) is -1.30. The molecule has 0 radical (unpaired) electrons. The lowest BCUT2D eigenvalue weighted by atomic mass is 9.99. The average Bonchev–Trinajstić information content (AvgIpc) is 3.05. The topological polar surface area (TPSA) is 78.9 Å². The molecule has 1 aliphatic carbocycles. The summed E-state index contributed by atoms with van der Waals surface area (Å²) < 4.78 is 42.3. The Labute approximate surface area is 112 Å². The van der Waals surface area contributed by atoms with E-state index in [9.17, 15) is 22.8 Å². The number of rotatable bonds is 4. The highest BCUT2D eigenvalue weighted by Crippen LogP contribution is 2.31. The van der Waals surface area contributed by atoms with Gasteiger partial charge in [-0.25, -0.2) is 9.59 Å². The zero-order chi connectivity index (χ0) is 15.0. The maximum atomic E-state index is 12.5. The smallest absolute Gasteiger partial charge is 0.406 e. The zero-order valence-corrected chi connectivity index (χ0v) is 10.6. The fraction of sp³-hybridized carbons (Fsp3) is 0.818. The average molecular weight is 296 g/mol. The number of nitrogens with one attached hydrogen (secondary N) is 1. The van der Waals surface area contributed by atoms with E-state index in [1.807, 2.05) is 0 Å². The Bertz CT molecular complexity index is 403. The molecule has 1 atom stereocenters. The van der Waals surface area contributed by atoms with Crippen molar-refractivity contribution in [1.82, 2.24) is 10.2 Å². The van der Waals surface area contributed by atoms with Crippen LogP contribution in [0.15, 0.2) is 0 Å². The summed E-state index contributed by atoms with van der Waals surface area (Å²) in [6.45, 7) is -1.46. The van der Waals surface area contributed by atoms with Gasteiger partial charge in [0.2, 0.25) is 0 Å². The highest BCUT2D eigenvalue weighted by atomic mass is 19.4. The highest BCUT2D eigenvalue weighted by Gasteiger charge is 2.47. The number of hydrogen-bond acceptors (Lipinski definition) is 3. The molecule has 1 heterocycles. The summed E-state index contributed by atoms with van der Waals surface area (Å²) in [5.41, 5.74) is -1.63. The number of ether oxygens (including phenoxy) is 1. The van der Waals surface area contributed by atoms with Crippen LogP contribution in [0.1, 0.15) is 19.3 Å². The molecule has 2 fully saturated rings. The van der Waals surface area contributed by atoms with Gasteiger partial charge in [-0.1, -0.05) is 0 Å². The Morgan fingerprint density at radius 2 is 2.05 bits per heavy atom. The molecule has 9 heteroatoms. The molecule has 0 aromatic rings. The molecule has 0 spiro atoms. The van der Waals surface area contributed by atoms with Crippen LogP contribution in [0, 0.1) is 0 Å². The number of carbonyl (C=O) groups is 2. The number of nitrogens with zero attached hydrogens (tertiary/aromatic N) is 1. The molecule has 2 N–H and O–H groups in total. The SMILES string of the molecule is O=C(NC1(C(=O)O)CCOC1)N(CC(F)(F)F)C1CC1. The summed E-state index contributed by atoms with van der Waals surface area (Å²) in [6.07, 6.45) is -3.47. The molecule has 1 aliphatic heterocycles. The van der Waals surface area contributed by atoms with Gasteiger partial charge in [0.15, 0.2) is 5.54 Å². The molecule has 2 aliphatic rings. The molecule has 114 valence electrons. The van der Waals surface area contributed by atoms with Crippen LogP contribution in [-0.4, -0.2) is 59.5 Å². The van der Waals surface area contributed by atoms with Gasteiger partial charge < -0.3 is 20.1 Å². The van der Waals surface area contributed by atoms with Crippen molar-refractivity contribution >= 4 is 12.0 Å². The first-order valence-electron chi connectivity index (χ1n) is 6.20. The van der Waals surface area contributed by atoms with E-state index in [1.165, 1.54) is 0 Å². The number of halogens is 3. The summed E-state index contributed by atoms with van der Waals surface area (Å²) >= 11 is 0. The molecular weight excluding hydrogens is 281 g/mol. The molecule has 0 aromatic carbocycles. The minimum atomic E-state index is -4.51. The Morgan fingerprint density at radius 3 is 2.45 bits per heavy atom. The number of carboxylic acids is 1. The maximum absolute atomic E-state index is 12.5. The van der Waals surface area contributed by atoms with Gasteiger partial charge in [-0.2, -0.15) is 13.2 Å². The third kappa shape index (κ3) is 3.33. The molecule has 6 nitrogen and oxygen atoms in total. The van der Waals surface area contributed by atoms with E-state index >= 15 is 0 Å². The summed E-state index contributed by atoms with van der Waals surface area (Å²) in [6, 6.07) is -1.47. The van der Waals surface area contributed by atoms with Gasteiger partial charge in [0.1, 0.15) is 6.54 Å². The van der Waals surface area contributed by atoms with Crippen LogP contribution in [0.3, 0.4) is 0 Å². The number of aliphatic carboxylic acids is 1. The van der Waals surface area contributed by atoms with Crippen LogP contribution in [0.25, 0.3) is 0 Å². The number of carbonyl (C=O) groups excluding carboxylic acids is 1. The van der Waals surface area contributed by atoms with E-state index in [-0.39, 0.29) is 19.6 Å². The van der Waals surface area contributed by atoms with Gasteiger partial charge in [-0.05, 0) is 12.8 Å². The standard InChI is InChI=1S/C11H15F3N2O4/c12-11(13,14)5-16(7-1-2-7)9(19)15-10(8(17)18)3-4-20-6-10/h7H,1-6H2,(H,15,19)(H,17,18). The van der Waals surface area contributed by atoms with Crippen molar-refractivity contribution in [2.75, 3.05) is 19.8 Å². The minimum absolute atomic E-state index is 0.0403. The van der Waals surface area contributed by atoms with Crippen molar-refractivity contribution in [2.24, 2.45) is 0 Å². The first kappa shape index (κ1) is 14.9. The monoisotopic (exact) mass is 296 g/mol. The Balaban J connectivity index is 2.06. The predicted octanol–water partition coefficient (Wildman–Crippen LogP) is 0.966. The largest absolute Gasteiger partial charge is 0.479 e. The van der Waals surface area contributed by atoms with Gasteiger partial charge in [0.25, 0.3) is 0 Å². The number of amides is 2. The maximum Gasteiger partial charge on any atom is 0.406 e. The molecule has 1 saturated heterocycles. The van der Waals surface area contributed by atoms with Crippen molar-refractivity contribution in [3.8, 4) is 0 Å². The van der Waals surface area contributed by atoms with Crippen LogP contribution < -0.4 is 5.32 Å². The Hall–Kier alpha value is -1.51. The summed E-state index contributed by atoms with van der Waals surface area (Å²) in [7, 11) is 0. The Morgan fingerprint density at radius 1 is 1.40 bits per heavy atom. The number of urea groups is 1. The molecule has 1 saturated carbocycles. The quantitative estimate of drug-likeness (QED) is 0.810. The second-order valence-corrected chi connectivity index (χ2v) is 5.09. The molecule has 2 amide bonds. The first-order valence-corrected chi connectivity index (χ1v) is 6.20. The van der Waals surface area contributed by atoms with E-state index in [2.05, 4.69) is 5.32 Å². The second-order valence-electron chi connectivity index (χ2n) is 5.09. The lowest BCUT2D eigenvalue weighted by Crippen LogP contribution is -2.59. The molecular formula is C11H15F3N2O4. The van der Waals surface area contributed by atoms with E-state index in [4.69, 9.17) is 9.84 Å². The zero-order valence-electron chi connectivity index (χ0n) is 10.6. The van der Waals surface area contributed by atoms with E-state index in [0.29, 0.717) is 17.7 Å². The first-order chi connectivity index (χ1) is 9.23. The van der Waals surface area contributed by atoms with Crippen LogP contribution >= 0.6 is 0 Å². The third-order valence-electron chi connectivity index (χ3n) is 3.38. The molecule has 0 aromatic heterocycles. The van der Waals surface area contributed by atoms with Crippen molar-refractivity contribution in [3.63, 3.8) is 0 Å². The molecule has 20 heavy (non-hydrogen) atoms. The lowest BCUT2D eigenvalue weighted by Gasteiger charge is -2.30. The van der Waals surface area contributed by atoms with E-state index < -0.39 is 36.3 Å². The highest BCUT2D eigenvalue weighted by molar-refractivity contribution is 5.87. The van der Waals surface area contributed by atoms with E-state index in [1.54, 1.807) is 0 Å². The third-order valence-corrected chi connectivity index (χ3v) is 3.38. The molecule has 2 rings (SSSR count). The number of carboxylic acid groups (broad SMARTS) is 1. The van der Waals surface area contributed by atoms with Crippen LogP contribution in [0.4, 0.5) is 18.0 Å². The van der Waals surface area contributed by atoms with Gasteiger partial charge in [-0.15, -0.1) is 0 Å². The molecule has 1 unspecified atom stereocenters. The van der Waals surface area contributed by atoms with Gasteiger partial charge in [0, 0.05) is 19.1 Å². The molecule has 0 bridgehead atoms. The van der Waals surface area contributed by atoms with Crippen LogP contribution in [-0.2, 0) is 9.53 Å². The van der Waals surface area contributed by atoms with E-state index in [0.717, 1.165) is 0 Å². The number of alkyl halides is 3. The summed E-state index contributed by atoms with van der Waals surface area (Å²) in [5, 5.41) is 11.3.